The van der Waals surface area contributed by atoms with E-state index in [1.807, 2.05) is 25.7 Å². The molecule has 2 saturated heterocycles. The molecule has 0 aromatic carbocycles. The molecule has 0 aliphatic carbocycles. The third-order valence-corrected chi connectivity index (χ3v) is 4.69. The Morgan fingerprint density at radius 3 is 2.64 bits per heavy atom. The molecule has 122 valence electrons. The minimum atomic E-state index is -0.277. The molecule has 3 rings (SSSR count). The van der Waals surface area contributed by atoms with Crippen LogP contribution in [0.25, 0.3) is 0 Å². The molecule has 3 heterocycles. The fraction of sp³-hybridized carbons (Fsp3) is 0.750. The third kappa shape index (κ3) is 2.77. The Morgan fingerprint density at radius 1 is 1.27 bits per heavy atom. The van der Waals surface area contributed by atoms with Gasteiger partial charge in [0.05, 0.1) is 30.9 Å². The number of carbonyl (C=O) groups excluding carboxylic acids is 1. The maximum absolute atomic E-state index is 13.0. The summed E-state index contributed by atoms with van der Waals surface area (Å²) in [5.41, 5.74) is 1.70. The van der Waals surface area contributed by atoms with Gasteiger partial charge < -0.3 is 18.9 Å². The van der Waals surface area contributed by atoms with E-state index < -0.39 is 0 Å². The lowest BCUT2D eigenvalue weighted by atomic mass is 9.94. The van der Waals surface area contributed by atoms with Gasteiger partial charge in [-0.1, -0.05) is 5.16 Å². The van der Waals surface area contributed by atoms with E-state index >= 15 is 0 Å². The first-order valence-electron chi connectivity index (χ1n) is 8.06. The van der Waals surface area contributed by atoms with Crippen molar-refractivity contribution in [2.75, 3.05) is 19.8 Å². The van der Waals surface area contributed by atoms with Crippen molar-refractivity contribution >= 4 is 5.91 Å². The highest BCUT2D eigenvalue weighted by molar-refractivity contribution is 5.84. The number of rotatable bonds is 3. The molecule has 6 nitrogen and oxygen atoms in total. The van der Waals surface area contributed by atoms with Crippen LogP contribution in [0.4, 0.5) is 0 Å². The van der Waals surface area contributed by atoms with Crippen molar-refractivity contribution in [3.8, 4) is 0 Å². The zero-order valence-electron chi connectivity index (χ0n) is 13.5. The summed E-state index contributed by atoms with van der Waals surface area (Å²) in [5, 5.41) is 3.97. The Morgan fingerprint density at radius 2 is 2.00 bits per heavy atom. The molecule has 0 spiro atoms. The minimum Gasteiger partial charge on any atom is -0.361 e. The maximum Gasteiger partial charge on any atom is 0.230 e. The van der Waals surface area contributed by atoms with Gasteiger partial charge in [-0.2, -0.15) is 0 Å². The second-order valence-corrected chi connectivity index (χ2v) is 6.16. The van der Waals surface area contributed by atoms with Crippen LogP contribution in [0.5, 0.6) is 0 Å². The summed E-state index contributed by atoms with van der Waals surface area (Å²) in [5.74, 6) is 0.576. The van der Waals surface area contributed by atoms with Gasteiger partial charge in [0, 0.05) is 12.1 Å². The highest BCUT2D eigenvalue weighted by Gasteiger charge is 2.38. The van der Waals surface area contributed by atoms with Crippen molar-refractivity contribution < 1.29 is 18.8 Å². The van der Waals surface area contributed by atoms with Gasteiger partial charge in [-0.25, -0.2) is 0 Å². The van der Waals surface area contributed by atoms with Crippen LogP contribution in [-0.4, -0.2) is 48.1 Å². The number of amides is 1. The van der Waals surface area contributed by atoms with Gasteiger partial charge in [-0.05, 0) is 40.0 Å². The lowest BCUT2D eigenvalue weighted by Crippen LogP contribution is -2.51. The first kappa shape index (κ1) is 15.5. The third-order valence-electron chi connectivity index (χ3n) is 4.69. The van der Waals surface area contributed by atoms with Gasteiger partial charge in [-0.3, -0.25) is 4.79 Å². The zero-order chi connectivity index (χ0) is 15.7. The molecule has 2 aliphatic rings. The van der Waals surface area contributed by atoms with Gasteiger partial charge in [0.2, 0.25) is 5.91 Å². The Bertz CT molecular complexity index is 517. The smallest absolute Gasteiger partial charge is 0.230 e. The first-order chi connectivity index (χ1) is 10.6. The number of hydrogen-bond donors (Lipinski definition) is 0. The molecule has 1 aromatic heterocycles. The summed E-state index contributed by atoms with van der Waals surface area (Å²) in [6.45, 7) is 7.66. The number of nitrogens with zero attached hydrogens (tertiary/aromatic N) is 2. The Kier molecular flexibility index (Phi) is 4.49. The summed E-state index contributed by atoms with van der Waals surface area (Å²) < 4.78 is 16.5. The van der Waals surface area contributed by atoms with Crippen LogP contribution < -0.4 is 0 Å². The topological polar surface area (TPSA) is 64.8 Å². The lowest BCUT2D eigenvalue weighted by molar-refractivity contribution is -0.151. The molecule has 0 saturated carbocycles. The van der Waals surface area contributed by atoms with E-state index in [0.29, 0.717) is 13.2 Å². The van der Waals surface area contributed by atoms with Crippen LogP contribution in [0.15, 0.2) is 4.52 Å². The van der Waals surface area contributed by atoms with E-state index in [9.17, 15) is 4.79 Å². The number of piperidine rings is 1. The first-order valence-corrected chi connectivity index (χ1v) is 8.06. The van der Waals surface area contributed by atoms with Crippen molar-refractivity contribution in [1.82, 2.24) is 10.1 Å². The van der Waals surface area contributed by atoms with Crippen molar-refractivity contribution in [3.63, 3.8) is 0 Å². The summed E-state index contributed by atoms with van der Waals surface area (Å²) in [4.78, 5) is 15.0. The molecule has 2 unspecified atom stereocenters. The van der Waals surface area contributed by atoms with E-state index in [4.69, 9.17) is 14.0 Å². The van der Waals surface area contributed by atoms with Crippen LogP contribution in [0.1, 0.15) is 49.1 Å². The van der Waals surface area contributed by atoms with Gasteiger partial charge >= 0.3 is 0 Å². The van der Waals surface area contributed by atoms with Crippen molar-refractivity contribution in [3.05, 3.63) is 17.0 Å². The Balaban J connectivity index is 1.79. The molecule has 22 heavy (non-hydrogen) atoms. The van der Waals surface area contributed by atoms with Crippen LogP contribution in [0.3, 0.4) is 0 Å². The average Bonchev–Trinajstić information content (AvgIpc) is 3.16. The summed E-state index contributed by atoms with van der Waals surface area (Å²) in [7, 11) is 0. The minimum absolute atomic E-state index is 0.0201. The van der Waals surface area contributed by atoms with Crippen molar-refractivity contribution in [1.29, 1.82) is 0 Å². The fourth-order valence-corrected chi connectivity index (χ4v) is 3.59. The predicted octanol–water partition coefficient (Wildman–Crippen LogP) is 2.15. The molecule has 2 atom stereocenters. The number of ether oxygens (including phenoxy) is 2. The average molecular weight is 308 g/mol. The highest BCUT2D eigenvalue weighted by Crippen LogP contribution is 2.30. The lowest BCUT2D eigenvalue weighted by Gasteiger charge is -2.39. The Labute approximate surface area is 130 Å². The fourth-order valence-electron chi connectivity index (χ4n) is 3.59. The highest BCUT2D eigenvalue weighted by atomic mass is 16.7. The molecule has 0 radical (unpaired) electrons. The second kappa shape index (κ2) is 6.38. The van der Waals surface area contributed by atoms with E-state index in [1.54, 1.807) is 0 Å². The van der Waals surface area contributed by atoms with Crippen LogP contribution in [0, 0.1) is 13.8 Å². The van der Waals surface area contributed by atoms with Crippen LogP contribution >= 0.6 is 0 Å². The summed E-state index contributed by atoms with van der Waals surface area (Å²) in [6.07, 6.45) is 2.80. The van der Waals surface area contributed by atoms with Crippen LogP contribution in [0.2, 0.25) is 0 Å². The molecular weight excluding hydrogens is 284 g/mol. The van der Waals surface area contributed by atoms with Gasteiger partial charge in [0.25, 0.3) is 0 Å². The van der Waals surface area contributed by atoms with Crippen LogP contribution in [-0.2, 0) is 14.3 Å². The summed E-state index contributed by atoms with van der Waals surface area (Å²) >= 11 is 0. The number of likely N-dealkylation sites (tertiary alicyclic amines) is 1. The van der Waals surface area contributed by atoms with Gasteiger partial charge in [0.15, 0.2) is 6.29 Å². The largest absolute Gasteiger partial charge is 0.361 e. The quantitative estimate of drug-likeness (QED) is 0.856. The number of carbonyl (C=O) groups is 1. The molecule has 0 N–H and O–H groups in total. The van der Waals surface area contributed by atoms with Gasteiger partial charge in [-0.15, -0.1) is 0 Å². The van der Waals surface area contributed by atoms with E-state index in [1.165, 1.54) is 0 Å². The number of aryl methyl sites for hydroxylation is 2. The normalized spacial score (nSPS) is 24.7. The summed E-state index contributed by atoms with van der Waals surface area (Å²) in [6, 6.07) is 0.0201. The predicted molar refractivity (Wildman–Crippen MR) is 79.4 cm³/mol. The molecule has 2 fully saturated rings. The molecule has 6 heteroatoms. The molecule has 2 aliphatic heterocycles. The van der Waals surface area contributed by atoms with E-state index in [-0.39, 0.29) is 24.2 Å². The Hall–Kier alpha value is -1.40. The van der Waals surface area contributed by atoms with E-state index in [2.05, 4.69) is 5.16 Å². The monoisotopic (exact) mass is 308 g/mol. The molecular formula is C16H24N2O4. The van der Waals surface area contributed by atoms with E-state index in [0.717, 1.165) is 42.8 Å². The molecule has 1 aromatic rings. The standard InChI is InChI=1S/C16H24N2O4/c1-10(14-11(2)17-22-12(14)3)15(19)18-7-5-4-6-13(18)16-20-8-9-21-16/h10,13,16H,4-9H2,1-3H3. The number of hydrogen-bond acceptors (Lipinski definition) is 5. The van der Waals surface area contributed by atoms with Crippen molar-refractivity contribution in [2.45, 2.75) is 58.3 Å². The van der Waals surface area contributed by atoms with Crippen molar-refractivity contribution in [2.24, 2.45) is 0 Å². The zero-order valence-corrected chi connectivity index (χ0v) is 13.5. The van der Waals surface area contributed by atoms with Gasteiger partial charge in [0.1, 0.15) is 5.76 Å². The second-order valence-electron chi connectivity index (χ2n) is 6.16. The molecule has 1 amide bonds. The number of aromatic nitrogens is 1. The SMILES string of the molecule is Cc1noc(C)c1C(C)C(=O)N1CCCCC1C1OCCO1. The maximum atomic E-state index is 13.0. The molecule has 0 bridgehead atoms.